The average molecular weight is 364 g/mol. The molecule has 4 heteroatoms. The van der Waals surface area contributed by atoms with Crippen molar-refractivity contribution in [1.29, 1.82) is 5.26 Å². The minimum Gasteiger partial charge on any atom is -0.489 e. The molecule has 0 atom stereocenters. The van der Waals surface area contributed by atoms with E-state index in [4.69, 9.17) is 15.2 Å². The summed E-state index contributed by atoms with van der Waals surface area (Å²) in [7, 11) is 0. The maximum atomic E-state index is 9.17. The third-order valence-electron chi connectivity index (χ3n) is 4.52. The maximum absolute atomic E-state index is 9.17. The summed E-state index contributed by atoms with van der Waals surface area (Å²) >= 11 is 0. The molecular formula is C23H28N2O2. The molecule has 142 valence electrons. The van der Waals surface area contributed by atoms with Crippen LogP contribution in [0.2, 0.25) is 0 Å². The van der Waals surface area contributed by atoms with Gasteiger partial charge in [-0.1, -0.05) is 83.1 Å². The number of benzene rings is 2. The van der Waals surface area contributed by atoms with Crippen molar-refractivity contribution in [1.82, 2.24) is 0 Å². The number of ether oxygens (including phenoxy) is 1. The van der Waals surface area contributed by atoms with Crippen molar-refractivity contribution in [3.63, 3.8) is 0 Å². The van der Waals surface area contributed by atoms with Gasteiger partial charge in [0.2, 0.25) is 0 Å². The van der Waals surface area contributed by atoms with Crippen LogP contribution in [0.1, 0.15) is 63.8 Å². The third-order valence-corrected chi connectivity index (χ3v) is 4.52. The Labute approximate surface area is 162 Å². The van der Waals surface area contributed by atoms with Gasteiger partial charge in [0.05, 0.1) is 0 Å². The van der Waals surface area contributed by atoms with Crippen LogP contribution < -0.4 is 4.74 Å². The van der Waals surface area contributed by atoms with E-state index < -0.39 is 0 Å². The predicted molar refractivity (Wildman–Crippen MR) is 109 cm³/mol. The van der Waals surface area contributed by atoms with E-state index in [9.17, 15) is 0 Å². The van der Waals surface area contributed by atoms with Crippen LogP contribution in [0.15, 0.2) is 47.6 Å². The Morgan fingerprint density at radius 1 is 1.04 bits per heavy atom. The fraction of sp³-hybridized carbons (Fsp3) is 0.391. The first kappa shape index (κ1) is 20.5. The number of hydrogen-bond acceptors (Lipinski definition) is 4. The van der Waals surface area contributed by atoms with Crippen molar-refractivity contribution < 1.29 is 9.94 Å². The van der Waals surface area contributed by atoms with E-state index >= 15 is 0 Å². The first-order valence-electron chi connectivity index (χ1n) is 9.06. The highest BCUT2D eigenvalue weighted by molar-refractivity contribution is 6.12. The first-order chi connectivity index (χ1) is 12.6. The van der Waals surface area contributed by atoms with Crippen molar-refractivity contribution in [2.24, 2.45) is 5.16 Å². The Kier molecular flexibility index (Phi) is 5.95. The Morgan fingerprint density at radius 2 is 1.70 bits per heavy atom. The van der Waals surface area contributed by atoms with E-state index in [0.717, 1.165) is 16.9 Å². The van der Waals surface area contributed by atoms with Crippen LogP contribution in [0.4, 0.5) is 0 Å². The predicted octanol–water partition coefficient (Wildman–Crippen LogP) is 5.56. The highest BCUT2D eigenvalue weighted by Crippen LogP contribution is 2.36. The highest BCUT2D eigenvalue weighted by Gasteiger charge is 2.23. The van der Waals surface area contributed by atoms with Crippen LogP contribution >= 0.6 is 0 Å². The molecule has 0 amide bonds. The summed E-state index contributed by atoms with van der Waals surface area (Å²) < 4.78 is 6.15. The number of oxime groups is 1. The topological polar surface area (TPSA) is 65.6 Å². The lowest BCUT2D eigenvalue weighted by molar-refractivity contribution is 0.296. The SMILES string of the molecule is CC(C)(C)c1ccc(OCc2ccccc2/C(C#N)=N\O)c(C(C)(C)C)c1. The van der Waals surface area contributed by atoms with Crippen LogP contribution in [0.25, 0.3) is 0 Å². The van der Waals surface area contributed by atoms with Gasteiger partial charge in [-0.2, -0.15) is 5.26 Å². The molecule has 0 bridgehead atoms. The lowest BCUT2D eigenvalue weighted by Gasteiger charge is -2.27. The van der Waals surface area contributed by atoms with Crippen molar-refractivity contribution in [2.45, 2.75) is 59.0 Å². The molecule has 0 aliphatic rings. The lowest BCUT2D eigenvalue weighted by Crippen LogP contribution is -2.18. The average Bonchev–Trinajstić information content (AvgIpc) is 2.60. The second kappa shape index (κ2) is 7.84. The van der Waals surface area contributed by atoms with Gasteiger partial charge in [0.15, 0.2) is 5.71 Å². The van der Waals surface area contributed by atoms with Crippen molar-refractivity contribution in [3.8, 4) is 11.8 Å². The van der Waals surface area contributed by atoms with E-state index in [2.05, 4.69) is 58.8 Å². The van der Waals surface area contributed by atoms with Gasteiger partial charge in [0, 0.05) is 5.56 Å². The van der Waals surface area contributed by atoms with Gasteiger partial charge < -0.3 is 9.94 Å². The van der Waals surface area contributed by atoms with E-state index in [1.165, 1.54) is 5.56 Å². The van der Waals surface area contributed by atoms with E-state index in [0.29, 0.717) is 5.56 Å². The van der Waals surface area contributed by atoms with Crippen LogP contribution in [0.3, 0.4) is 0 Å². The third kappa shape index (κ3) is 4.89. The molecule has 0 aliphatic carbocycles. The molecule has 0 spiro atoms. The van der Waals surface area contributed by atoms with Crippen molar-refractivity contribution in [3.05, 3.63) is 64.7 Å². The standard InChI is InChI=1S/C23H28N2O2/c1-22(2,3)17-11-12-21(19(13-17)23(4,5)6)27-15-16-9-7-8-10-18(16)20(14-24)25-26/h7-13,26H,15H2,1-6H3/b25-20-. The number of nitriles is 1. The van der Waals surface area contributed by atoms with Gasteiger partial charge >= 0.3 is 0 Å². The van der Waals surface area contributed by atoms with Gasteiger partial charge in [-0.3, -0.25) is 0 Å². The van der Waals surface area contributed by atoms with Crippen LogP contribution in [-0.2, 0) is 17.4 Å². The Hall–Kier alpha value is -2.80. The molecule has 0 fully saturated rings. The molecule has 2 aromatic rings. The highest BCUT2D eigenvalue weighted by atomic mass is 16.5. The molecule has 27 heavy (non-hydrogen) atoms. The largest absolute Gasteiger partial charge is 0.489 e. The van der Waals surface area contributed by atoms with Gasteiger partial charge in [-0.05, 0) is 33.6 Å². The number of nitrogens with zero attached hydrogens (tertiary/aromatic N) is 2. The van der Waals surface area contributed by atoms with Crippen molar-refractivity contribution in [2.75, 3.05) is 0 Å². The van der Waals surface area contributed by atoms with Gasteiger partial charge in [0.25, 0.3) is 0 Å². The summed E-state index contributed by atoms with van der Waals surface area (Å²) in [5.74, 6) is 0.824. The summed E-state index contributed by atoms with van der Waals surface area (Å²) in [5.41, 5.74) is 3.75. The Morgan fingerprint density at radius 3 is 2.26 bits per heavy atom. The fourth-order valence-electron chi connectivity index (χ4n) is 2.88. The normalized spacial score (nSPS) is 12.6. The summed E-state index contributed by atoms with van der Waals surface area (Å²) in [6.45, 7) is 13.4. The molecule has 0 unspecified atom stereocenters. The van der Waals surface area contributed by atoms with Crippen molar-refractivity contribution >= 4 is 5.71 Å². The van der Waals surface area contributed by atoms with Crippen LogP contribution in [0.5, 0.6) is 5.75 Å². The molecular weight excluding hydrogens is 336 g/mol. The first-order valence-corrected chi connectivity index (χ1v) is 9.06. The van der Waals surface area contributed by atoms with E-state index in [-0.39, 0.29) is 23.1 Å². The Bertz CT molecular complexity index is 878. The second-order valence-corrected chi connectivity index (χ2v) is 8.72. The molecule has 2 aromatic carbocycles. The van der Waals surface area contributed by atoms with Gasteiger partial charge in [-0.15, -0.1) is 0 Å². The quantitative estimate of drug-likeness (QED) is 0.438. The van der Waals surface area contributed by atoms with Crippen LogP contribution in [0, 0.1) is 11.3 Å². The maximum Gasteiger partial charge on any atom is 0.187 e. The zero-order chi connectivity index (χ0) is 20.2. The van der Waals surface area contributed by atoms with E-state index in [1.54, 1.807) is 12.1 Å². The molecule has 0 radical (unpaired) electrons. The number of rotatable bonds is 4. The molecule has 2 rings (SSSR count). The molecule has 0 aromatic heterocycles. The molecule has 4 nitrogen and oxygen atoms in total. The molecule has 0 heterocycles. The summed E-state index contributed by atoms with van der Waals surface area (Å²) in [6.07, 6.45) is 0. The fourth-order valence-corrected chi connectivity index (χ4v) is 2.88. The smallest absolute Gasteiger partial charge is 0.187 e. The van der Waals surface area contributed by atoms with Gasteiger partial charge in [0.1, 0.15) is 18.4 Å². The summed E-state index contributed by atoms with van der Waals surface area (Å²) in [5, 5.41) is 21.3. The summed E-state index contributed by atoms with van der Waals surface area (Å²) in [4.78, 5) is 0. The lowest BCUT2D eigenvalue weighted by atomic mass is 9.80. The summed E-state index contributed by atoms with van der Waals surface area (Å²) in [6, 6.07) is 15.6. The number of hydrogen-bond donors (Lipinski definition) is 1. The van der Waals surface area contributed by atoms with Crippen LogP contribution in [-0.4, -0.2) is 10.9 Å². The zero-order valence-electron chi connectivity index (χ0n) is 17.0. The minimum atomic E-state index is -0.0690. The molecule has 0 saturated carbocycles. The molecule has 0 aliphatic heterocycles. The monoisotopic (exact) mass is 364 g/mol. The Balaban J connectivity index is 2.39. The zero-order valence-corrected chi connectivity index (χ0v) is 17.0. The van der Waals surface area contributed by atoms with Gasteiger partial charge in [-0.25, -0.2) is 0 Å². The second-order valence-electron chi connectivity index (χ2n) is 8.72. The molecule has 0 saturated heterocycles. The minimum absolute atomic E-state index is 0.0201. The van der Waals surface area contributed by atoms with E-state index in [1.807, 2.05) is 24.3 Å². The molecule has 1 N–H and O–H groups in total.